The predicted molar refractivity (Wildman–Crippen MR) is 84.2 cm³/mol. The number of hydrogen-bond acceptors (Lipinski definition) is 4. The molecule has 118 valence electrons. The lowest BCUT2D eigenvalue weighted by Crippen LogP contribution is -2.29. The molecule has 0 aromatic heterocycles. The zero-order valence-corrected chi connectivity index (χ0v) is 13.0. The Kier molecular flexibility index (Phi) is 14.2. The van der Waals surface area contributed by atoms with Gasteiger partial charge in [0.1, 0.15) is 0 Å². The number of hydrogen-bond donors (Lipinski definition) is 4. The smallest absolute Gasteiger partial charge is 0.363 e. The maximum Gasteiger partial charge on any atom is 0.363 e. The molecule has 0 aliphatic heterocycles. The fraction of sp³-hybridized carbons (Fsp3) is 0.857. The van der Waals surface area contributed by atoms with Gasteiger partial charge in [-0.2, -0.15) is 0 Å². The fourth-order valence-electron chi connectivity index (χ4n) is 2.02. The molecule has 0 rings (SSSR count). The molecule has 0 radical (unpaired) electrons. The van der Waals surface area contributed by atoms with Crippen molar-refractivity contribution >= 4 is 23.2 Å². The summed E-state index contributed by atoms with van der Waals surface area (Å²) in [6, 6.07) is 0. The molecule has 0 amide bonds. The van der Waals surface area contributed by atoms with E-state index in [1.165, 1.54) is 44.9 Å². The van der Waals surface area contributed by atoms with Crippen molar-refractivity contribution in [1.82, 2.24) is 10.8 Å². The van der Waals surface area contributed by atoms with Crippen LogP contribution < -0.4 is 10.8 Å². The maximum atomic E-state index is 10.4. The van der Waals surface area contributed by atoms with Crippen LogP contribution in [0.3, 0.4) is 0 Å². The summed E-state index contributed by atoms with van der Waals surface area (Å²) >= 11 is 4.64. The lowest BCUT2D eigenvalue weighted by Gasteiger charge is -2.04. The number of carbonyl (C=O) groups is 1. The first-order valence-electron chi connectivity index (χ1n) is 7.56. The van der Waals surface area contributed by atoms with E-state index in [4.69, 9.17) is 10.3 Å². The monoisotopic (exact) mass is 304 g/mol. The Morgan fingerprint density at radius 2 is 1.20 bits per heavy atom. The molecule has 0 saturated carbocycles. The van der Waals surface area contributed by atoms with E-state index in [2.05, 4.69) is 23.0 Å². The van der Waals surface area contributed by atoms with Crippen molar-refractivity contribution in [2.24, 2.45) is 0 Å². The van der Waals surface area contributed by atoms with Crippen LogP contribution in [-0.2, 0) is 4.79 Å². The van der Waals surface area contributed by atoms with Crippen molar-refractivity contribution in [3.63, 3.8) is 0 Å². The summed E-state index contributed by atoms with van der Waals surface area (Å²) in [4.78, 5) is 10.3. The maximum absolute atomic E-state index is 10.4. The lowest BCUT2D eigenvalue weighted by molar-refractivity contribution is -0.129. The first-order chi connectivity index (χ1) is 9.68. The quantitative estimate of drug-likeness (QED) is 0.238. The molecule has 4 N–H and O–H groups in total. The number of rotatable bonds is 13. The minimum absolute atomic E-state index is 0.0820. The van der Waals surface area contributed by atoms with Crippen LogP contribution in [0.2, 0.25) is 0 Å². The highest BCUT2D eigenvalue weighted by atomic mass is 32.1. The average molecular weight is 304 g/mol. The molecule has 0 aromatic carbocycles. The third kappa shape index (κ3) is 13.7. The number of hydroxylamine groups is 1. The average Bonchev–Trinajstić information content (AvgIpc) is 2.43. The van der Waals surface area contributed by atoms with Gasteiger partial charge >= 0.3 is 5.97 Å². The molecular weight excluding hydrogens is 276 g/mol. The Labute approximate surface area is 127 Å². The molecular formula is C14H28N2O3S. The van der Waals surface area contributed by atoms with Gasteiger partial charge in [-0.15, -0.1) is 0 Å². The van der Waals surface area contributed by atoms with Gasteiger partial charge in [-0.25, -0.2) is 10.3 Å². The molecule has 0 spiro atoms. The van der Waals surface area contributed by atoms with Crippen LogP contribution in [0.1, 0.15) is 64.2 Å². The summed E-state index contributed by atoms with van der Waals surface area (Å²) in [5.41, 5.74) is 2.17. The summed E-state index contributed by atoms with van der Waals surface area (Å²) in [5.74, 6) is -1.05. The van der Waals surface area contributed by atoms with Crippen molar-refractivity contribution in [2.45, 2.75) is 64.2 Å². The zero-order chi connectivity index (χ0) is 15.1. The van der Waals surface area contributed by atoms with Gasteiger partial charge in [0.2, 0.25) is 0 Å². The second-order valence-corrected chi connectivity index (χ2v) is 5.41. The standard InChI is InChI=1S/C14H28N2O3S/c17-14(18)13(20)15-11-9-7-5-3-1-2-4-6-8-10-12-16-19/h16,19H,1-12H2,(H,15,20)(H,17,18). The summed E-state index contributed by atoms with van der Waals surface area (Å²) < 4.78 is 0. The molecule has 0 saturated heterocycles. The van der Waals surface area contributed by atoms with Crippen LogP contribution in [0, 0.1) is 0 Å². The number of aliphatic carboxylic acids is 1. The first-order valence-corrected chi connectivity index (χ1v) is 7.97. The Balaban J connectivity index is 3.06. The normalized spacial score (nSPS) is 10.4. The van der Waals surface area contributed by atoms with Gasteiger partial charge in [0.05, 0.1) is 0 Å². The van der Waals surface area contributed by atoms with Crippen molar-refractivity contribution in [3.05, 3.63) is 0 Å². The molecule has 5 nitrogen and oxygen atoms in total. The fourth-order valence-corrected chi connectivity index (χ4v) is 2.12. The second-order valence-electron chi connectivity index (χ2n) is 5.00. The Morgan fingerprint density at radius 3 is 1.60 bits per heavy atom. The molecule has 0 fully saturated rings. The Bertz CT molecular complexity index is 263. The molecule has 0 aliphatic rings. The van der Waals surface area contributed by atoms with E-state index < -0.39 is 5.97 Å². The second kappa shape index (κ2) is 14.7. The van der Waals surface area contributed by atoms with E-state index in [0.29, 0.717) is 13.1 Å². The van der Waals surface area contributed by atoms with Crippen molar-refractivity contribution in [1.29, 1.82) is 0 Å². The van der Waals surface area contributed by atoms with Crippen LogP contribution in [0.4, 0.5) is 0 Å². The van der Waals surface area contributed by atoms with Crippen LogP contribution in [0.25, 0.3) is 0 Å². The molecule has 20 heavy (non-hydrogen) atoms. The SMILES string of the molecule is O=C(O)C(=S)NCCCCCCCCCCCCNO. The van der Waals surface area contributed by atoms with E-state index in [9.17, 15) is 4.79 Å². The van der Waals surface area contributed by atoms with Crippen molar-refractivity contribution in [2.75, 3.05) is 13.1 Å². The summed E-state index contributed by atoms with van der Waals surface area (Å²) in [7, 11) is 0. The predicted octanol–water partition coefficient (Wildman–Crippen LogP) is 2.87. The highest BCUT2D eigenvalue weighted by Gasteiger charge is 2.03. The first kappa shape index (κ1) is 19.3. The van der Waals surface area contributed by atoms with Gasteiger partial charge in [-0.3, -0.25) is 0 Å². The third-order valence-electron chi connectivity index (χ3n) is 3.20. The van der Waals surface area contributed by atoms with E-state index in [0.717, 1.165) is 19.3 Å². The highest BCUT2D eigenvalue weighted by molar-refractivity contribution is 7.81. The topological polar surface area (TPSA) is 81.6 Å². The van der Waals surface area contributed by atoms with Crippen LogP contribution in [-0.4, -0.2) is 34.4 Å². The van der Waals surface area contributed by atoms with E-state index in [-0.39, 0.29) is 4.99 Å². The van der Waals surface area contributed by atoms with E-state index >= 15 is 0 Å². The summed E-state index contributed by atoms with van der Waals surface area (Å²) in [6.45, 7) is 1.35. The molecule has 0 unspecified atom stereocenters. The third-order valence-corrected chi connectivity index (χ3v) is 3.51. The molecule has 0 aliphatic carbocycles. The van der Waals surface area contributed by atoms with Crippen LogP contribution in [0.5, 0.6) is 0 Å². The number of unbranched alkanes of at least 4 members (excludes halogenated alkanes) is 9. The molecule has 0 atom stereocenters. The molecule has 0 heterocycles. The number of carboxylic acid groups (broad SMARTS) is 1. The van der Waals surface area contributed by atoms with Gasteiger partial charge in [-0.05, 0) is 12.8 Å². The molecule has 0 bridgehead atoms. The van der Waals surface area contributed by atoms with Gasteiger partial charge < -0.3 is 15.6 Å². The van der Waals surface area contributed by atoms with Crippen molar-refractivity contribution in [3.8, 4) is 0 Å². The van der Waals surface area contributed by atoms with Crippen molar-refractivity contribution < 1.29 is 15.1 Å². The van der Waals surface area contributed by atoms with Gasteiger partial charge in [0.25, 0.3) is 0 Å². The lowest BCUT2D eigenvalue weighted by atomic mass is 10.1. The van der Waals surface area contributed by atoms with Gasteiger partial charge in [-0.1, -0.05) is 63.6 Å². The summed E-state index contributed by atoms with van der Waals surface area (Å²) in [6.07, 6.45) is 11.9. The number of carboxylic acids is 1. The highest BCUT2D eigenvalue weighted by Crippen LogP contribution is 2.10. The van der Waals surface area contributed by atoms with Crippen LogP contribution in [0.15, 0.2) is 0 Å². The molecule has 6 heteroatoms. The summed E-state index contributed by atoms with van der Waals surface area (Å²) in [5, 5.41) is 19.7. The van der Waals surface area contributed by atoms with E-state index in [1.54, 1.807) is 0 Å². The van der Waals surface area contributed by atoms with Gasteiger partial charge in [0, 0.05) is 13.1 Å². The number of thiocarbonyl (C=S) groups is 1. The minimum atomic E-state index is -1.05. The van der Waals surface area contributed by atoms with Crippen LogP contribution >= 0.6 is 12.2 Å². The largest absolute Gasteiger partial charge is 0.476 e. The Morgan fingerprint density at radius 1 is 0.800 bits per heavy atom. The van der Waals surface area contributed by atoms with E-state index in [1.807, 2.05) is 0 Å². The molecule has 0 aromatic rings. The number of nitrogens with one attached hydrogen (secondary N) is 2. The van der Waals surface area contributed by atoms with Gasteiger partial charge in [0.15, 0.2) is 4.99 Å². The zero-order valence-electron chi connectivity index (χ0n) is 12.2. The minimum Gasteiger partial charge on any atom is -0.476 e. The Hall–Kier alpha value is -0.720.